The predicted molar refractivity (Wildman–Crippen MR) is 105 cm³/mol. The molecule has 1 amide bonds. The molecule has 26 heavy (non-hydrogen) atoms. The fourth-order valence-corrected chi connectivity index (χ4v) is 3.73. The van der Waals surface area contributed by atoms with Crippen LogP contribution >= 0.6 is 23.1 Å². The number of nitrogens with one attached hydrogen (secondary N) is 2. The summed E-state index contributed by atoms with van der Waals surface area (Å²) in [7, 11) is 0. The summed E-state index contributed by atoms with van der Waals surface area (Å²) < 4.78 is 13.9. The number of aryl methyl sites for hydroxylation is 1. The van der Waals surface area contributed by atoms with Crippen molar-refractivity contribution >= 4 is 45.5 Å². The number of carbonyl (C=O) groups is 1. The molecule has 0 saturated carbocycles. The van der Waals surface area contributed by atoms with Crippen molar-refractivity contribution in [2.75, 3.05) is 16.4 Å². The summed E-state index contributed by atoms with van der Waals surface area (Å²) in [5.74, 6) is -0.184. The Morgan fingerprint density at radius 2 is 1.96 bits per heavy atom. The van der Waals surface area contributed by atoms with Crippen LogP contribution in [0.5, 0.6) is 0 Å². The molecule has 0 aliphatic carbocycles. The summed E-state index contributed by atoms with van der Waals surface area (Å²) >= 11 is 2.62. The Balaban J connectivity index is 1.50. The van der Waals surface area contributed by atoms with Crippen LogP contribution < -0.4 is 10.6 Å². The van der Waals surface area contributed by atoms with E-state index in [2.05, 4.69) is 27.8 Å². The Morgan fingerprint density at radius 3 is 2.69 bits per heavy atom. The van der Waals surface area contributed by atoms with Crippen molar-refractivity contribution in [2.24, 2.45) is 0 Å². The summed E-state index contributed by atoms with van der Waals surface area (Å²) in [6.45, 7) is 2.09. The van der Waals surface area contributed by atoms with Gasteiger partial charge in [0.05, 0.1) is 5.75 Å². The van der Waals surface area contributed by atoms with Crippen molar-refractivity contribution in [3.63, 3.8) is 0 Å². The number of halogens is 1. The lowest BCUT2D eigenvalue weighted by atomic mass is 10.1. The third-order valence-corrected chi connectivity index (χ3v) is 5.43. The molecule has 0 saturated heterocycles. The van der Waals surface area contributed by atoms with E-state index in [1.165, 1.54) is 40.8 Å². The first kappa shape index (κ1) is 18.3. The average molecular weight is 388 g/mol. The number of aromatic nitrogens is 2. The first-order valence-corrected chi connectivity index (χ1v) is 9.80. The molecule has 0 aliphatic heterocycles. The van der Waals surface area contributed by atoms with Gasteiger partial charge in [0.25, 0.3) is 0 Å². The van der Waals surface area contributed by atoms with Crippen LogP contribution in [0.1, 0.15) is 12.5 Å². The Morgan fingerprint density at radius 1 is 1.15 bits per heavy atom. The summed E-state index contributed by atoms with van der Waals surface area (Å²) in [5, 5.41) is 14.4. The molecule has 0 unspecified atom stereocenters. The van der Waals surface area contributed by atoms with Gasteiger partial charge in [0, 0.05) is 11.4 Å². The number of thioether (sulfide) groups is 1. The van der Waals surface area contributed by atoms with Crippen molar-refractivity contribution in [1.29, 1.82) is 0 Å². The third kappa shape index (κ3) is 5.27. The normalized spacial score (nSPS) is 10.5. The second kappa shape index (κ2) is 8.77. The number of nitrogens with zero attached hydrogens (tertiary/aromatic N) is 2. The minimum Gasteiger partial charge on any atom is -0.330 e. The number of benzene rings is 2. The summed E-state index contributed by atoms with van der Waals surface area (Å²) in [5.41, 5.74) is 2.61. The topological polar surface area (TPSA) is 66.9 Å². The van der Waals surface area contributed by atoms with Crippen LogP contribution in [0, 0.1) is 5.82 Å². The Labute approximate surface area is 159 Å². The first-order chi connectivity index (χ1) is 12.6. The molecule has 0 aliphatic rings. The average Bonchev–Trinajstić information content (AvgIpc) is 3.08. The van der Waals surface area contributed by atoms with Crippen LogP contribution in [0.15, 0.2) is 52.9 Å². The number of amides is 1. The standard InChI is InChI=1S/C18H17FN4OS2/c1-2-12-6-8-14(9-7-12)20-16(24)11-25-18-23-22-17(26-18)21-15-5-3-4-13(19)10-15/h3-10H,2,11H2,1H3,(H,20,24)(H,21,22). The highest BCUT2D eigenvalue weighted by molar-refractivity contribution is 8.01. The largest absolute Gasteiger partial charge is 0.330 e. The van der Waals surface area contributed by atoms with Crippen molar-refractivity contribution in [3.05, 3.63) is 59.9 Å². The van der Waals surface area contributed by atoms with Crippen molar-refractivity contribution in [3.8, 4) is 0 Å². The van der Waals surface area contributed by atoms with E-state index in [4.69, 9.17) is 0 Å². The van der Waals surface area contributed by atoms with Crippen LogP contribution in [-0.4, -0.2) is 21.9 Å². The fourth-order valence-electron chi connectivity index (χ4n) is 2.16. The van der Waals surface area contributed by atoms with Gasteiger partial charge in [-0.3, -0.25) is 4.79 Å². The lowest BCUT2D eigenvalue weighted by Crippen LogP contribution is -2.13. The van der Waals surface area contributed by atoms with E-state index < -0.39 is 0 Å². The Hall–Kier alpha value is -2.45. The molecular formula is C18H17FN4OS2. The van der Waals surface area contributed by atoms with E-state index in [1.807, 2.05) is 24.3 Å². The number of hydrogen-bond donors (Lipinski definition) is 2. The lowest BCUT2D eigenvalue weighted by Gasteiger charge is -2.05. The summed E-state index contributed by atoms with van der Waals surface area (Å²) in [6, 6.07) is 13.9. The van der Waals surface area contributed by atoms with E-state index in [0.29, 0.717) is 15.2 Å². The molecule has 2 aromatic carbocycles. The molecule has 3 rings (SSSR count). The predicted octanol–water partition coefficient (Wildman–Crippen LogP) is 4.71. The number of carbonyl (C=O) groups excluding carboxylic acids is 1. The van der Waals surface area contributed by atoms with Gasteiger partial charge in [-0.1, -0.05) is 48.2 Å². The van der Waals surface area contributed by atoms with Crippen molar-refractivity contribution < 1.29 is 9.18 Å². The van der Waals surface area contributed by atoms with E-state index in [0.717, 1.165) is 12.1 Å². The van der Waals surface area contributed by atoms with Gasteiger partial charge in [0.2, 0.25) is 11.0 Å². The van der Waals surface area contributed by atoms with Crippen LogP contribution in [-0.2, 0) is 11.2 Å². The fraction of sp³-hybridized carbons (Fsp3) is 0.167. The van der Waals surface area contributed by atoms with Gasteiger partial charge in [-0.25, -0.2) is 4.39 Å². The minimum absolute atomic E-state index is 0.103. The van der Waals surface area contributed by atoms with Gasteiger partial charge in [-0.15, -0.1) is 10.2 Å². The quantitative estimate of drug-likeness (QED) is 0.574. The monoisotopic (exact) mass is 388 g/mol. The van der Waals surface area contributed by atoms with E-state index in [1.54, 1.807) is 12.1 Å². The van der Waals surface area contributed by atoms with Crippen LogP contribution in [0.4, 0.5) is 20.9 Å². The van der Waals surface area contributed by atoms with E-state index in [-0.39, 0.29) is 17.5 Å². The van der Waals surface area contributed by atoms with Crippen molar-refractivity contribution in [1.82, 2.24) is 10.2 Å². The smallest absolute Gasteiger partial charge is 0.234 e. The molecule has 1 heterocycles. The second-order valence-corrected chi connectivity index (χ2v) is 7.60. The SMILES string of the molecule is CCc1ccc(NC(=O)CSc2nnc(Nc3cccc(F)c3)s2)cc1. The van der Waals surface area contributed by atoms with Crippen LogP contribution in [0.25, 0.3) is 0 Å². The molecule has 0 bridgehead atoms. The van der Waals surface area contributed by atoms with Gasteiger partial charge >= 0.3 is 0 Å². The minimum atomic E-state index is -0.322. The zero-order valence-corrected chi connectivity index (χ0v) is 15.7. The molecule has 0 spiro atoms. The molecule has 3 aromatic rings. The zero-order chi connectivity index (χ0) is 18.4. The number of anilines is 3. The highest BCUT2D eigenvalue weighted by atomic mass is 32.2. The van der Waals surface area contributed by atoms with Crippen LogP contribution in [0.3, 0.4) is 0 Å². The zero-order valence-electron chi connectivity index (χ0n) is 14.0. The first-order valence-electron chi connectivity index (χ1n) is 8.00. The van der Waals surface area contributed by atoms with E-state index in [9.17, 15) is 9.18 Å². The lowest BCUT2D eigenvalue weighted by molar-refractivity contribution is -0.113. The van der Waals surface area contributed by atoms with Gasteiger partial charge in [-0.05, 0) is 42.3 Å². The summed E-state index contributed by atoms with van der Waals surface area (Å²) in [4.78, 5) is 12.0. The van der Waals surface area contributed by atoms with Gasteiger partial charge in [0.15, 0.2) is 4.34 Å². The third-order valence-electron chi connectivity index (χ3n) is 3.46. The highest BCUT2D eigenvalue weighted by Gasteiger charge is 2.09. The number of rotatable bonds is 7. The van der Waals surface area contributed by atoms with Crippen molar-refractivity contribution in [2.45, 2.75) is 17.7 Å². The van der Waals surface area contributed by atoms with Gasteiger partial charge in [0.1, 0.15) is 5.82 Å². The van der Waals surface area contributed by atoms with Gasteiger partial charge < -0.3 is 10.6 Å². The number of hydrogen-bond acceptors (Lipinski definition) is 6. The van der Waals surface area contributed by atoms with Gasteiger partial charge in [-0.2, -0.15) is 0 Å². The Bertz CT molecular complexity index is 883. The molecule has 5 nitrogen and oxygen atoms in total. The van der Waals surface area contributed by atoms with Crippen LogP contribution in [0.2, 0.25) is 0 Å². The maximum atomic E-state index is 13.2. The molecule has 0 radical (unpaired) electrons. The highest BCUT2D eigenvalue weighted by Crippen LogP contribution is 2.27. The molecule has 1 aromatic heterocycles. The molecule has 8 heteroatoms. The Kier molecular flexibility index (Phi) is 6.19. The molecule has 0 fully saturated rings. The maximum absolute atomic E-state index is 13.2. The molecular weight excluding hydrogens is 371 g/mol. The summed E-state index contributed by atoms with van der Waals surface area (Å²) in [6.07, 6.45) is 0.965. The molecule has 0 atom stereocenters. The maximum Gasteiger partial charge on any atom is 0.234 e. The molecule has 134 valence electrons. The molecule has 2 N–H and O–H groups in total. The second-order valence-electron chi connectivity index (χ2n) is 5.40. The van der Waals surface area contributed by atoms with E-state index >= 15 is 0 Å².